The van der Waals surface area contributed by atoms with Crippen molar-refractivity contribution in [1.29, 1.82) is 0 Å². The summed E-state index contributed by atoms with van der Waals surface area (Å²) in [7, 11) is 1.69. The first kappa shape index (κ1) is 18.9. The molecule has 0 atom stereocenters. The van der Waals surface area contributed by atoms with E-state index in [0.717, 1.165) is 60.3 Å². The van der Waals surface area contributed by atoms with Gasteiger partial charge >= 0.3 is 0 Å². The zero-order valence-corrected chi connectivity index (χ0v) is 17.7. The molecule has 3 heterocycles. The Morgan fingerprint density at radius 1 is 1.10 bits per heavy atom. The fraction of sp³-hybridized carbons (Fsp3) is 0.333. The number of nitrogens with one attached hydrogen (secondary N) is 2. The minimum atomic E-state index is 0.799. The van der Waals surface area contributed by atoms with E-state index in [0.29, 0.717) is 0 Å². The van der Waals surface area contributed by atoms with E-state index in [4.69, 9.17) is 9.84 Å². The van der Waals surface area contributed by atoms with Crippen molar-refractivity contribution in [2.45, 2.75) is 39.7 Å². The molecule has 4 aromatic rings. The summed E-state index contributed by atoms with van der Waals surface area (Å²) < 4.78 is 7.75. The van der Waals surface area contributed by atoms with Crippen LogP contribution < -0.4 is 10.1 Å². The van der Waals surface area contributed by atoms with Gasteiger partial charge in [-0.3, -0.25) is 5.10 Å². The van der Waals surface area contributed by atoms with Crippen LogP contribution in [-0.4, -0.2) is 33.6 Å². The number of aromatic amines is 1. The van der Waals surface area contributed by atoms with Crippen LogP contribution in [0.2, 0.25) is 0 Å². The van der Waals surface area contributed by atoms with Crippen LogP contribution in [0.5, 0.6) is 5.75 Å². The zero-order valence-electron chi connectivity index (χ0n) is 17.7. The van der Waals surface area contributed by atoms with Gasteiger partial charge in [0, 0.05) is 36.0 Å². The number of rotatable bonds is 5. The molecule has 0 saturated heterocycles. The van der Waals surface area contributed by atoms with Crippen LogP contribution in [0, 0.1) is 0 Å². The molecule has 30 heavy (non-hydrogen) atoms. The first-order valence-electron chi connectivity index (χ1n) is 10.7. The van der Waals surface area contributed by atoms with E-state index in [2.05, 4.69) is 58.3 Å². The Hall–Kier alpha value is -3.12. The van der Waals surface area contributed by atoms with Gasteiger partial charge in [-0.2, -0.15) is 10.2 Å². The molecular formula is C24H27N5O. The zero-order chi connectivity index (χ0) is 20.7. The lowest BCUT2D eigenvalue weighted by molar-refractivity contribution is 0.419. The lowest BCUT2D eigenvalue weighted by atomic mass is 9.98. The lowest BCUT2D eigenvalue weighted by Gasteiger charge is -2.18. The van der Waals surface area contributed by atoms with Crippen LogP contribution in [0.25, 0.3) is 27.8 Å². The summed E-state index contributed by atoms with van der Waals surface area (Å²) in [6.07, 6.45) is 4.76. The average Bonchev–Trinajstić information content (AvgIpc) is 3.43. The number of ether oxygens (including phenoxy) is 1. The minimum absolute atomic E-state index is 0.799. The molecule has 2 aromatic carbocycles. The number of aromatic nitrogens is 4. The van der Waals surface area contributed by atoms with Gasteiger partial charge in [0.05, 0.1) is 30.4 Å². The maximum atomic E-state index is 5.55. The smallest absolute Gasteiger partial charge is 0.144 e. The molecule has 2 aromatic heterocycles. The van der Waals surface area contributed by atoms with Crippen molar-refractivity contribution in [2.24, 2.45) is 0 Å². The summed E-state index contributed by atoms with van der Waals surface area (Å²) in [4.78, 5) is 0. The number of hydrogen-bond donors (Lipinski definition) is 2. The van der Waals surface area contributed by atoms with Crippen molar-refractivity contribution in [1.82, 2.24) is 25.3 Å². The van der Waals surface area contributed by atoms with Crippen LogP contribution in [0.4, 0.5) is 0 Å². The van der Waals surface area contributed by atoms with E-state index < -0.39 is 0 Å². The summed E-state index contributed by atoms with van der Waals surface area (Å²) in [5.74, 6) is 0.799. The highest BCUT2D eigenvalue weighted by atomic mass is 16.5. The van der Waals surface area contributed by atoms with Crippen molar-refractivity contribution in [3.8, 4) is 22.7 Å². The topological polar surface area (TPSA) is 67.8 Å². The lowest BCUT2D eigenvalue weighted by Crippen LogP contribution is -2.23. The third-order valence-corrected chi connectivity index (χ3v) is 6.14. The largest absolute Gasteiger partial charge is 0.494 e. The second kappa shape index (κ2) is 7.61. The predicted molar refractivity (Wildman–Crippen MR) is 119 cm³/mol. The third kappa shape index (κ3) is 2.82. The Balaban J connectivity index is 1.85. The van der Waals surface area contributed by atoms with Crippen molar-refractivity contribution in [3.05, 3.63) is 58.9 Å². The summed E-state index contributed by atoms with van der Waals surface area (Å²) >= 11 is 0. The molecule has 5 rings (SSSR count). The average molecular weight is 402 g/mol. The number of hydrogen-bond acceptors (Lipinski definition) is 4. The molecule has 1 aliphatic rings. The maximum absolute atomic E-state index is 5.55. The number of methoxy groups -OCH3 is 1. The van der Waals surface area contributed by atoms with E-state index in [9.17, 15) is 0 Å². The van der Waals surface area contributed by atoms with E-state index in [1.807, 2.05) is 12.3 Å². The Morgan fingerprint density at radius 3 is 2.63 bits per heavy atom. The Labute approximate surface area is 176 Å². The SMILES string of the molecule is CCc1cccc(CC)c1-n1nc2c(c1-c1ccc(OC)c3[nH]ncc13)CNCC2. The van der Waals surface area contributed by atoms with Gasteiger partial charge in [0.15, 0.2) is 0 Å². The highest BCUT2D eigenvalue weighted by Gasteiger charge is 2.26. The highest BCUT2D eigenvalue weighted by molar-refractivity contribution is 5.98. The van der Waals surface area contributed by atoms with Gasteiger partial charge in [-0.25, -0.2) is 4.68 Å². The molecular weight excluding hydrogens is 374 g/mol. The number of H-pyrrole nitrogens is 1. The quantitative estimate of drug-likeness (QED) is 0.526. The second-order valence-corrected chi connectivity index (χ2v) is 7.72. The number of nitrogens with zero attached hydrogens (tertiary/aromatic N) is 3. The van der Waals surface area contributed by atoms with E-state index in [1.165, 1.54) is 28.1 Å². The number of para-hydroxylation sites is 1. The number of fused-ring (bicyclic) bond motifs is 2. The fourth-order valence-corrected chi connectivity index (χ4v) is 4.61. The Kier molecular flexibility index (Phi) is 4.79. The van der Waals surface area contributed by atoms with Crippen molar-refractivity contribution < 1.29 is 4.74 Å². The van der Waals surface area contributed by atoms with Crippen LogP contribution in [0.1, 0.15) is 36.2 Å². The van der Waals surface area contributed by atoms with Gasteiger partial charge in [0.1, 0.15) is 11.3 Å². The fourth-order valence-electron chi connectivity index (χ4n) is 4.61. The molecule has 0 radical (unpaired) electrons. The summed E-state index contributed by atoms with van der Waals surface area (Å²) in [5.41, 5.74) is 9.53. The normalized spacial score (nSPS) is 13.6. The van der Waals surface area contributed by atoms with Gasteiger partial charge in [-0.1, -0.05) is 32.0 Å². The molecule has 2 N–H and O–H groups in total. The minimum Gasteiger partial charge on any atom is -0.494 e. The molecule has 0 amide bonds. The third-order valence-electron chi connectivity index (χ3n) is 6.14. The number of aryl methyl sites for hydroxylation is 2. The summed E-state index contributed by atoms with van der Waals surface area (Å²) in [6.45, 7) is 6.21. The molecule has 6 heteroatoms. The van der Waals surface area contributed by atoms with E-state index >= 15 is 0 Å². The predicted octanol–water partition coefficient (Wildman–Crippen LogP) is 4.19. The van der Waals surface area contributed by atoms with Gasteiger partial charge < -0.3 is 10.1 Å². The first-order valence-corrected chi connectivity index (χ1v) is 10.7. The van der Waals surface area contributed by atoms with Crippen LogP contribution >= 0.6 is 0 Å². The molecule has 0 spiro atoms. The molecule has 0 saturated carbocycles. The number of benzene rings is 2. The Morgan fingerprint density at radius 2 is 1.90 bits per heavy atom. The van der Waals surface area contributed by atoms with Gasteiger partial charge in [-0.15, -0.1) is 0 Å². The molecule has 6 nitrogen and oxygen atoms in total. The van der Waals surface area contributed by atoms with E-state index in [1.54, 1.807) is 7.11 Å². The molecule has 0 fully saturated rings. The van der Waals surface area contributed by atoms with Gasteiger partial charge in [0.2, 0.25) is 0 Å². The molecule has 1 aliphatic heterocycles. The van der Waals surface area contributed by atoms with E-state index in [-0.39, 0.29) is 0 Å². The van der Waals surface area contributed by atoms with Crippen LogP contribution in [0.15, 0.2) is 36.5 Å². The standard InChI is InChI=1S/C24H27N5O/c1-4-15-7-6-8-16(5-2)23(15)29-24(19-13-25-12-11-20(19)28-29)17-9-10-21(30-3)22-18(17)14-26-27-22/h6-10,14,25H,4-5,11-13H2,1-3H3,(H,26,27). The molecule has 154 valence electrons. The monoisotopic (exact) mass is 401 g/mol. The maximum Gasteiger partial charge on any atom is 0.144 e. The molecule has 0 bridgehead atoms. The van der Waals surface area contributed by atoms with Crippen LogP contribution in [0.3, 0.4) is 0 Å². The molecule has 0 unspecified atom stereocenters. The Bertz CT molecular complexity index is 1200. The molecule has 0 aliphatic carbocycles. The summed E-state index contributed by atoms with van der Waals surface area (Å²) in [6, 6.07) is 10.8. The second-order valence-electron chi connectivity index (χ2n) is 7.72. The highest BCUT2D eigenvalue weighted by Crippen LogP contribution is 2.39. The van der Waals surface area contributed by atoms with Crippen molar-refractivity contribution in [3.63, 3.8) is 0 Å². The van der Waals surface area contributed by atoms with Crippen LogP contribution in [-0.2, 0) is 25.8 Å². The summed E-state index contributed by atoms with van der Waals surface area (Å²) in [5, 5.41) is 17.2. The van der Waals surface area contributed by atoms with Crippen molar-refractivity contribution >= 4 is 10.9 Å². The van der Waals surface area contributed by atoms with Gasteiger partial charge in [0.25, 0.3) is 0 Å². The first-order chi connectivity index (χ1) is 14.8. The van der Waals surface area contributed by atoms with Crippen molar-refractivity contribution in [2.75, 3.05) is 13.7 Å². The van der Waals surface area contributed by atoms with Gasteiger partial charge in [-0.05, 0) is 36.1 Å².